The van der Waals surface area contributed by atoms with Gasteiger partial charge in [-0.1, -0.05) is 12.1 Å². The average Bonchev–Trinajstić information content (AvgIpc) is 2.75. The van der Waals surface area contributed by atoms with Crippen molar-refractivity contribution >= 4 is 16.9 Å². The number of benzene rings is 2. The second-order valence-electron chi connectivity index (χ2n) is 7.68. The SMILES string of the molecule is CN1C(Oc2ccc(F)cc2)N=C(Cl)NC1N(Cc1cccc(OC(F)(F)F)c1)CC(O)C(F)(F)F. The summed E-state index contributed by atoms with van der Waals surface area (Å²) in [5.74, 6) is -0.913. The van der Waals surface area contributed by atoms with Gasteiger partial charge >= 0.3 is 12.5 Å². The third kappa shape index (κ3) is 7.85. The average molecular weight is 545 g/mol. The van der Waals surface area contributed by atoms with Gasteiger partial charge in [-0.25, -0.2) is 9.29 Å². The molecule has 198 valence electrons. The number of ether oxygens (including phenoxy) is 2. The zero-order valence-corrected chi connectivity index (χ0v) is 19.2. The van der Waals surface area contributed by atoms with Crippen molar-refractivity contribution in [2.24, 2.45) is 4.99 Å². The van der Waals surface area contributed by atoms with Gasteiger partial charge in [0.2, 0.25) is 0 Å². The summed E-state index contributed by atoms with van der Waals surface area (Å²) in [6.45, 7) is -1.35. The zero-order chi connectivity index (χ0) is 26.7. The summed E-state index contributed by atoms with van der Waals surface area (Å²) >= 11 is 6.05. The van der Waals surface area contributed by atoms with Crippen LogP contribution < -0.4 is 14.8 Å². The zero-order valence-electron chi connectivity index (χ0n) is 18.4. The molecule has 0 aliphatic carbocycles. The lowest BCUT2D eigenvalue weighted by Gasteiger charge is -2.43. The van der Waals surface area contributed by atoms with E-state index < -0.39 is 49.4 Å². The van der Waals surface area contributed by atoms with Crippen molar-refractivity contribution in [3.05, 3.63) is 59.9 Å². The maximum atomic E-state index is 13.2. The molecule has 1 aliphatic heterocycles. The lowest BCUT2D eigenvalue weighted by atomic mass is 10.2. The molecule has 0 aromatic heterocycles. The molecule has 0 fully saturated rings. The van der Waals surface area contributed by atoms with Crippen molar-refractivity contribution < 1.29 is 45.3 Å². The normalized spacial score (nSPS) is 20.0. The molecular formula is C21H20ClF7N4O3. The van der Waals surface area contributed by atoms with Gasteiger partial charge in [0.15, 0.2) is 11.4 Å². The highest BCUT2D eigenvalue weighted by Gasteiger charge is 2.42. The molecule has 36 heavy (non-hydrogen) atoms. The number of amidine groups is 1. The van der Waals surface area contributed by atoms with Gasteiger partial charge in [0.25, 0.3) is 6.35 Å². The van der Waals surface area contributed by atoms with E-state index in [9.17, 15) is 35.8 Å². The second-order valence-corrected chi connectivity index (χ2v) is 8.04. The number of hydrogen-bond donors (Lipinski definition) is 2. The minimum Gasteiger partial charge on any atom is -0.455 e. The number of hydrogen-bond acceptors (Lipinski definition) is 7. The summed E-state index contributed by atoms with van der Waals surface area (Å²) in [6.07, 6.45) is -15.1. The van der Waals surface area contributed by atoms with Gasteiger partial charge in [0, 0.05) is 13.1 Å². The Labute approximate surface area is 205 Å². The molecule has 3 rings (SSSR count). The first-order chi connectivity index (χ1) is 16.7. The Bertz CT molecular complexity index is 1050. The number of halogens is 8. The van der Waals surface area contributed by atoms with Crippen LogP contribution in [0.4, 0.5) is 30.7 Å². The molecule has 2 aromatic carbocycles. The van der Waals surface area contributed by atoms with Crippen LogP contribution in [0.1, 0.15) is 5.56 Å². The van der Waals surface area contributed by atoms with Crippen LogP contribution in [0.3, 0.4) is 0 Å². The fourth-order valence-electron chi connectivity index (χ4n) is 3.30. The molecule has 7 nitrogen and oxygen atoms in total. The maximum absolute atomic E-state index is 13.2. The molecule has 0 bridgehead atoms. The van der Waals surface area contributed by atoms with Gasteiger partial charge in [-0.2, -0.15) is 18.2 Å². The molecule has 2 N–H and O–H groups in total. The van der Waals surface area contributed by atoms with E-state index in [0.29, 0.717) is 0 Å². The fourth-order valence-corrected chi connectivity index (χ4v) is 3.48. The molecule has 0 amide bonds. The predicted molar refractivity (Wildman–Crippen MR) is 114 cm³/mol. The van der Waals surface area contributed by atoms with Crippen molar-refractivity contribution in [3.8, 4) is 11.5 Å². The minimum atomic E-state index is -4.98. The Balaban J connectivity index is 1.87. The summed E-state index contributed by atoms with van der Waals surface area (Å²) in [6, 6.07) is 9.52. The fraction of sp³-hybridized carbons (Fsp3) is 0.381. The van der Waals surface area contributed by atoms with E-state index in [1.54, 1.807) is 0 Å². The third-order valence-corrected chi connectivity index (χ3v) is 5.12. The minimum absolute atomic E-state index is 0.149. The predicted octanol–water partition coefficient (Wildman–Crippen LogP) is 4.23. The Morgan fingerprint density at radius 3 is 2.39 bits per heavy atom. The summed E-state index contributed by atoms with van der Waals surface area (Å²) in [5.41, 5.74) is 0.149. The van der Waals surface area contributed by atoms with Crippen molar-refractivity contribution in [1.29, 1.82) is 0 Å². The molecular weight excluding hydrogens is 525 g/mol. The number of nitrogens with zero attached hydrogens (tertiary/aromatic N) is 3. The van der Waals surface area contributed by atoms with Crippen LogP contribution in [0.5, 0.6) is 11.5 Å². The van der Waals surface area contributed by atoms with Crippen LogP contribution in [0.2, 0.25) is 0 Å². The number of rotatable bonds is 8. The second kappa shape index (κ2) is 11.1. The Morgan fingerprint density at radius 2 is 1.78 bits per heavy atom. The monoisotopic (exact) mass is 544 g/mol. The van der Waals surface area contributed by atoms with E-state index in [4.69, 9.17) is 16.3 Å². The molecule has 3 atom stereocenters. The largest absolute Gasteiger partial charge is 0.573 e. The van der Waals surface area contributed by atoms with Crippen LogP contribution in [0.25, 0.3) is 0 Å². The van der Waals surface area contributed by atoms with E-state index in [1.807, 2.05) is 0 Å². The topological polar surface area (TPSA) is 69.6 Å². The number of nitrogens with one attached hydrogen (secondary N) is 1. The van der Waals surface area contributed by atoms with E-state index >= 15 is 0 Å². The molecule has 15 heteroatoms. The van der Waals surface area contributed by atoms with Crippen LogP contribution in [0.15, 0.2) is 53.5 Å². The standard InChI is InChI=1S/C21H20ClF7N4O3/c1-32-18(30-17(22)31-19(32)35-14-7-5-13(23)6-8-14)33(11-16(34)20(24,25)26)10-12-3-2-4-15(9-12)36-21(27,28)29/h2-9,16,18-19,34H,10-11H2,1H3,(H,30,31). The highest BCUT2D eigenvalue weighted by atomic mass is 35.5. The molecule has 2 aromatic rings. The van der Waals surface area contributed by atoms with Crippen LogP contribution in [-0.2, 0) is 6.54 Å². The Morgan fingerprint density at radius 1 is 1.11 bits per heavy atom. The van der Waals surface area contributed by atoms with Gasteiger partial charge < -0.3 is 19.9 Å². The lowest BCUT2D eigenvalue weighted by molar-refractivity contribution is -0.274. The van der Waals surface area contributed by atoms with Crippen molar-refractivity contribution in [2.75, 3.05) is 13.6 Å². The van der Waals surface area contributed by atoms with Gasteiger partial charge in [0.05, 0.1) is 0 Å². The summed E-state index contributed by atoms with van der Waals surface area (Å²) in [7, 11) is 1.43. The van der Waals surface area contributed by atoms with E-state index in [1.165, 1.54) is 36.2 Å². The first-order valence-corrected chi connectivity index (χ1v) is 10.6. The number of aliphatic hydroxyl groups excluding tert-OH is 1. The van der Waals surface area contributed by atoms with Gasteiger partial charge in [-0.05, 0) is 60.6 Å². The van der Waals surface area contributed by atoms with E-state index in [-0.39, 0.29) is 23.2 Å². The number of aliphatic imine (C=N–C) groups is 1. The highest BCUT2D eigenvalue weighted by Crippen LogP contribution is 2.27. The number of aliphatic hydroxyl groups is 1. The smallest absolute Gasteiger partial charge is 0.455 e. The first-order valence-electron chi connectivity index (χ1n) is 10.2. The Kier molecular flexibility index (Phi) is 8.54. The van der Waals surface area contributed by atoms with Crippen LogP contribution in [0, 0.1) is 5.82 Å². The number of alkyl halides is 6. The highest BCUT2D eigenvalue weighted by molar-refractivity contribution is 6.64. The van der Waals surface area contributed by atoms with Crippen molar-refractivity contribution in [1.82, 2.24) is 15.1 Å². The first kappa shape index (κ1) is 27.8. The van der Waals surface area contributed by atoms with Crippen LogP contribution in [-0.4, -0.2) is 65.1 Å². The van der Waals surface area contributed by atoms with Gasteiger partial charge in [-0.3, -0.25) is 4.90 Å². The Hall–Kier alpha value is -2.81. The molecule has 0 spiro atoms. The van der Waals surface area contributed by atoms with Crippen molar-refractivity contribution in [2.45, 2.75) is 37.8 Å². The quantitative estimate of drug-likeness (QED) is 0.383. The van der Waals surface area contributed by atoms with E-state index in [2.05, 4.69) is 15.0 Å². The maximum Gasteiger partial charge on any atom is 0.573 e. The van der Waals surface area contributed by atoms with Gasteiger partial charge in [-0.15, -0.1) is 13.2 Å². The molecule has 0 radical (unpaired) electrons. The van der Waals surface area contributed by atoms with Crippen molar-refractivity contribution in [3.63, 3.8) is 0 Å². The summed E-state index contributed by atoms with van der Waals surface area (Å²) in [4.78, 5) is 6.44. The van der Waals surface area contributed by atoms with Crippen LogP contribution >= 0.6 is 11.6 Å². The molecule has 0 saturated carbocycles. The molecule has 1 heterocycles. The molecule has 0 saturated heterocycles. The summed E-state index contributed by atoms with van der Waals surface area (Å²) in [5, 5.41) is 12.1. The molecule has 1 aliphatic rings. The van der Waals surface area contributed by atoms with E-state index in [0.717, 1.165) is 29.2 Å². The van der Waals surface area contributed by atoms with Gasteiger partial charge in [0.1, 0.15) is 23.6 Å². The molecule has 3 unspecified atom stereocenters. The lowest BCUT2D eigenvalue weighted by Crippen LogP contribution is -2.64. The third-order valence-electron chi connectivity index (χ3n) is 4.91. The summed E-state index contributed by atoms with van der Waals surface area (Å²) < 4.78 is 100.